The second-order valence-electron chi connectivity index (χ2n) is 6.40. The van der Waals surface area contributed by atoms with Crippen LogP contribution in [0.5, 0.6) is 0 Å². The minimum Gasteiger partial charge on any atom is -0.364 e. The van der Waals surface area contributed by atoms with Crippen molar-refractivity contribution < 1.29 is 9.18 Å². The van der Waals surface area contributed by atoms with Crippen LogP contribution >= 0.6 is 15.9 Å². The molecule has 0 fully saturated rings. The molecule has 0 bridgehead atoms. The summed E-state index contributed by atoms with van der Waals surface area (Å²) in [7, 11) is 0. The van der Waals surface area contributed by atoms with E-state index in [9.17, 15) is 9.18 Å². The summed E-state index contributed by atoms with van der Waals surface area (Å²) in [5.41, 5.74) is 2.11. The van der Waals surface area contributed by atoms with E-state index in [1.54, 1.807) is 18.3 Å². The van der Waals surface area contributed by atoms with E-state index in [1.807, 2.05) is 18.2 Å². The molecule has 0 saturated heterocycles. The molecule has 8 nitrogen and oxygen atoms in total. The normalized spacial score (nSPS) is 13.7. The van der Waals surface area contributed by atoms with Gasteiger partial charge in [-0.05, 0) is 52.3 Å². The maximum absolute atomic E-state index is 13.3. The number of carbonyl (C=O) groups is 1. The molecule has 5 rings (SSSR count). The van der Waals surface area contributed by atoms with Crippen LogP contribution in [0.15, 0.2) is 71.2 Å². The Hall–Kier alpha value is -3.79. The number of rotatable bonds is 3. The van der Waals surface area contributed by atoms with Crippen molar-refractivity contribution in [2.45, 2.75) is 0 Å². The predicted octanol–water partition coefficient (Wildman–Crippen LogP) is 3.29. The standard InChI is InChI=1S/C20H13BrFN7O/c21-13-2-1-3-14-16(13)18-27-17(11-4-6-12(22)7-5-11)28-29(18)20(25-14)26-15-10-23-8-9-24-19(15)30/h1-10,23H,(H,24,30)(H,25,26). The molecule has 2 aromatic heterocycles. The molecule has 3 heterocycles. The zero-order valence-electron chi connectivity index (χ0n) is 15.2. The second kappa shape index (κ2) is 7.23. The molecule has 3 N–H and O–H groups in total. The number of aromatic nitrogens is 4. The fraction of sp³-hybridized carbons (Fsp3) is 0. The topological polar surface area (TPSA) is 96.2 Å². The average molecular weight is 466 g/mol. The van der Waals surface area contributed by atoms with Gasteiger partial charge in [0.15, 0.2) is 11.5 Å². The Morgan fingerprint density at radius 3 is 2.73 bits per heavy atom. The van der Waals surface area contributed by atoms with Crippen LogP contribution in [0.4, 0.5) is 10.3 Å². The maximum atomic E-state index is 13.3. The number of fused-ring (bicyclic) bond motifs is 3. The van der Waals surface area contributed by atoms with Crippen molar-refractivity contribution in [2.24, 2.45) is 0 Å². The number of anilines is 1. The molecular formula is C20H13BrFN7O. The minimum absolute atomic E-state index is 0.252. The summed E-state index contributed by atoms with van der Waals surface area (Å²) in [4.78, 5) is 21.6. The van der Waals surface area contributed by atoms with Gasteiger partial charge in [-0.2, -0.15) is 4.52 Å². The Bertz CT molecular complexity index is 1360. The molecule has 0 radical (unpaired) electrons. The molecule has 0 unspecified atom stereocenters. The quantitative estimate of drug-likeness (QED) is 0.429. The number of hydrogen-bond donors (Lipinski definition) is 3. The lowest BCUT2D eigenvalue weighted by Gasteiger charge is -2.11. The molecule has 2 aromatic carbocycles. The summed E-state index contributed by atoms with van der Waals surface area (Å²) in [6, 6.07) is 11.5. The van der Waals surface area contributed by atoms with Crippen LogP contribution in [0, 0.1) is 5.82 Å². The zero-order valence-corrected chi connectivity index (χ0v) is 16.8. The van der Waals surface area contributed by atoms with Gasteiger partial charge in [0.05, 0.1) is 10.9 Å². The summed E-state index contributed by atoms with van der Waals surface area (Å²) in [5.74, 6) is 0.0373. The molecule has 1 aliphatic rings. The summed E-state index contributed by atoms with van der Waals surface area (Å²) in [6.45, 7) is 0. The molecule has 10 heteroatoms. The van der Waals surface area contributed by atoms with Gasteiger partial charge in [0.2, 0.25) is 5.95 Å². The monoisotopic (exact) mass is 465 g/mol. The van der Waals surface area contributed by atoms with Crippen molar-refractivity contribution in [3.8, 4) is 11.4 Å². The van der Waals surface area contributed by atoms with Crippen molar-refractivity contribution in [1.29, 1.82) is 0 Å². The van der Waals surface area contributed by atoms with Crippen molar-refractivity contribution in [1.82, 2.24) is 30.2 Å². The van der Waals surface area contributed by atoms with Crippen LogP contribution in [0.1, 0.15) is 0 Å². The molecule has 0 aliphatic carbocycles. The van der Waals surface area contributed by atoms with E-state index < -0.39 is 0 Å². The Morgan fingerprint density at radius 2 is 1.90 bits per heavy atom. The maximum Gasteiger partial charge on any atom is 0.273 e. The number of halogens is 2. The van der Waals surface area contributed by atoms with E-state index >= 15 is 0 Å². The van der Waals surface area contributed by atoms with E-state index in [0.29, 0.717) is 28.5 Å². The van der Waals surface area contributed by atoms with Gasteiger partial charge in [-0.25, -0.2) is 14.4 Å². The molecule has 1 amide bonds. The molecular weight excluding hydrogens is 453 g/mol. The minimum atomic E-state index is -0.341. The van der Waals surface area contributed by atoms with Crippen molar-refractivity contribution >= 4 is 44.3 Å². The number of hydrogen-bond acceptors (Lipinski definition) is 6. The van der Waals surface area contributed by atoms with Crippen molar-refractivity contribution in [3.05, 3.63) is 77.1 Å². The fourth-order valence-electron chi connectivity index (χ4n) is 3.07. The van der Waals surface area contributed by atoms with Gasteiger partial charge >= 0.3 is 0 Å². The van der Waals surface area contributed by atoms with E-state index in [2.05, 4.69) is 46.9 Å². The summed E-state index contributed by atoms with van der Waals surface area (Å²) in [5, 5.41) is 13.8. The van der Waals surface area contributed by atoms with Crippen LogP contribution < -0.4 is 16.0 Å². The van der Waals surface area contributed by atoms with Gasteiger partial charge in [0.1, 0.15) is 11.5 Å². The highest BCUT2D eigenvalue weighted by molar-refractivity contribution is 9.10. The van der Waals surface area contributed by atoms with Crippen LogP contribution in [0.2, 0.25) is 0 Å². The first-order valence-corrected chi connectivity index (χ1v) is 9.69. The Morgan fingerprint density at radius 1 is 1.07 bits per heavy atom. The van der Waals surface area contributed by atoms with Gasteiger partial charge in [-0.1, -0.05) is 6.07 Å². The Balaban J connectivity index is 1.72. The summed E-state index contributed by atoms with van der Waals surface area (Å²) < 4.78 is 15.7. The number of nitrogens with one attached hydrogen (secondary N) is 3. The van der Waals surface area contributed by atoms with Crippen LogP contribution in [-0.4, -0.2) is 25.5 Å². The summed E-state index contributed by atoms with van der Waals surface area (Å²) in [6.07, 6.45) is 4.61. The average Bonchev–Trinajstić information content (AvgIpc) is 3.08. The SMILES string of the molecule is O=C1NC=CNC=C1Nc1nc2cccc(Br)c2c2nc(-c3ccc(F)cc3)nn12. The van der Waals surface area contributed by atoms with Crippen molar-refractivity contribution in [2.75, 3.05) is 5.32 Å². The lowest BCUT2D eigenvalue weighted by molar-refractivity contribution is -0.116. The number of amides is 1. The third kappa shape index (κ3) is 3.16. The molecule has 30 heavy (non-hydrogen) atoms. The van der Waals surface area contributed by atoms with Crippen LogP contribution in [0.3, 0.4) is 0 Å². The second-order valence-corrected chi connectivity index (χ2v) is 7.26. The fourth-order valence-corrected chi connectivity index (χ4v) is 3.60. The highest BCUT2D eigenvalue weighted by Gasteiger charge is 2.19. The van der Waals surface area contributed by atoms with E-state index in [0.717, 1.165) is 9.86 Å². The van der Waals surface area contributed by atoms with E-state index in [-0.39, 0.29) is 17.4 Å². The highest BCUT2D eigenvalue weighted by Crippen LogP contribution is 2.30. The molecule has 1 aliphatic heterocycles. The van der Waals surface area contributed by atoms with E-state index in [4.69, 9.17) is 0 Å². The van der Waals surface area contributed by atoms with Crippen molar-refractivity contribution in [3.63, 3.8) is 0 Å². The highest BCUT2D eigenvalue weighted by atomic mass is 79.9. The van der Waals surface area contributed by atoms with Gasteiger partial charge in [-0.3, -0.25) is 4.79 Å². The Labute approximate surface area is 177 Å². The zero-order chi connectivity index (χ0) is 20.7. The molecule has 0 saturated carbocycles. The molecule has 4 aromatic rings. The predicted molar refractivity (Wildman–Crippen MR) is 114 cm³/mol. The third-order valence-electron chi connectivity index (χ3n) is 4.46. The van der Waals surface area contributed by atoms with Gasteiger partial charge < -0.3 is 16.0 Å². The lowest BCUT2D eigenvalue weighted by Crippen LogP contribution is -2.24. The van der Waals surface area contributed by atoms with Gasteiger partial charge in [0, 0.05) is 28.6 Å². The first kappa shape index (κ1) is 18.3. The molecule has 0 atom stereocenters. The lowest BCUT2D eigenvalue weighted by atomic mass is 10.2. The van der Waals surface area contributed by atoms with Crippen LogP contribution in [0.25, 0.3) is 27.9 Å². The smallest absolute Gasteiger partial charge is 0.273 e. The van der Waals surface area contributed by atoms with E-state index in [1.165, 1.54) is 29.0 Å². The first-order chi connectivity index (χ1) is 14.6. The third-order valence-corrected chi connectivity index (χ3v) is 5.13. The number of nitrogens with zero attached hydrogens (tertiary/aromatic N) is 4. The van der Waals surface area contributed by atoms with Gasteiger partial charge in [-0.15, -0.1) is 5.10 Å². The Kier molecular flexibility index (Phi) is 4.40. The number of carbonyl (C=O) groups excluding carboxylic acids is 1. The largest absolute Gasteiger partial charge is 0.364 e. The van der Waals surface area contributed by atoms with Crippen LogP contribution in [-0.2, 0) is 4.79 Å². The first-order valence-electron chi connectivity index (χ1n) is 8.90. The molecule has 148 valence electrons. The molecule has 0 spiro atoms. The van der Waals surface area contributed by atoms with Gasteiger partial charge in [0.25, 0.3) is 5.91 Å². The number of benzene rings is 2. The summed E-state index contributed by atoms with van der Waals surface area (Å²) >= 11 is 3.55.